The lowest BCUT2D eigenvalue weighted by Gasteiger charge is -2.29. The number of hydrogen-bond acceptors (Lipinski definition) is 3. The largest absolute Gasteiger partial charge is 0.348 e. The Balaban J connectivity index is 2.21. The van der Waals surface area contributed by atoms with Crippen LogP contribution in [0.2, 0.25) is 0 Å². The molecule has 0 aliphatic heterocycles. The molecular formula is C21H28N2O3S. The molecule has 0 fully saturated rings. The van der Waals surface area contributed by atoms with Gasteiger partial charge in [0.1, 0.15) is 6.04 Å². The number of hydrogen-bond donors (Lipinski definition) is 1. The SMILES string of the molecule is CCc1ccc([C@@H](C)NC(=O)[C@H](C)N(c2cccc(C)c2)S(C)(=O)=O)cc1. The van der Waals surface area contributed by atoms with Crippen molar-refractivity contribution < 1.29 is 13.2 Å². The fourth-order valence-electron chi connectivity index (χ4n) is 3.03. The molecule has 0 saturated carbocycles. The second-order valence-corrected chi connectivity index (χ2v) is 8.76. The molecule has 0 heterocycles. The average molecular weight is 389 g/mol. The second-order valence-electron chi connectivity index (χ2n) is 6.90. The van der Waals surface area contributed by atoms with Crippen LogP contribution in [0.1, 0.15) is 43.5 Å². The average Bonchev–Trinajstić information content (AvgIpc) is 2.60. The van der Waals surface area contributed by atoms with Gasteiger partial charge in [0.05, 0.1) is 18.0 Å². The highest BCUT2D eigenvalue weighted by molar-refractivity contribution is 7.92. The number of carbonyl (C=O) groups excluding carboxylic acids is 1. The third-order valence-electron chi connectivity index (χ3n) is 4.59. The van der Waals surface area contributed by atoms with Crippen molar-refractivity contribution in [2.45, 2.75) is 46.2 Å². The van der Waals surface area contributed by atoms with Crippen LogP contribution in [0.5, 0.6) is 0 Å². The summed E-state index contributed by atoms with van der Waals surface area (Å²) in [6.07, 6.45) is 2.07. The van der Waals surface area contributed by atoms with Crippen molar-refractivity contribution in [3.8, 4) is 0 Å². The number of nitrogens with one attached hydrogen (secondary N) is 1. The van der Waals surface area contributed by atoms with E-state index < -0.39 is 16.1 Å². The molecule has 2 atom stereocenters. The van der Waals surface area contributed by atoms with Gasteiger partial charge in [-0.25, -0.2) is 8.42 Å². The van der Waals surface area contributed by atoms with Crippen molar-refractivity contribution in [3.05, 3.63) is 65.2 Å². The maximum atomic E-state index is 12.8. The summed E-state index contributed by atoms with van der Waals surface area (Å²) in [5.41, 5.74) is 3.63. The summed E-state index contributed by atoms with van der Waals surface area (Å²) in [6, 6.07) is 14.1. The lowest BCUT2D eigenvalue weighted by atomic mass is 10.0. The molecule has 1 amide bonds. The molecule has 0 radical (unpaired) electrons. The first-order chi connectivity index (χ1) is 12.6. The van der Waals surface area contributed by atoms with Crippen LogP contribution in [-0.4, -0.2) is 26.6 Å². The zero-order chi connectivity index (χ0) is 20.2. The summed E-state index contributed by atoms with van der Waals surface area (Å²) in [7, 11) is -3.62. The molecule has 146 valence electrons. The lowest BCUT2D eigenvalue weighted by Crippen LogP contribution is -2.48. The number of anilines is 1. The minimum absolute atomic E-state index is 0.218. The van der Waals surface area contributed by atoms with Gasteiger partial charge in [0, 0.05) is 0 Å². The van der Waals surface area contributed by atoms with Crippen LogP contribution < -0.4 is 9.62 Å². The van der Waals surface area contributed by atoms with Crippen molar-refractivity contribution in [2.75, 3.05) is 10.6 Å². The second kappa shape index (κ2) is 8.57. The highest BCUT2D eigenvalue weighted by Gasteiger charge is 2.29. The Hall–Kier alpha value is -2.34. The Morgan fingerprint density at radius 2 is 1.74 bits per heavy atom. The number of sulfonamides is 1. The molecule has 5 nitrogen and oxygen atoms in total. The van der Waals surface area contributed by atoms with Gasteiger partial charge in [-0.1, -0.05) is 43.3 Å². The monoisotopic (exact) mass is 388 g/mol. The third-order valence-corrected chi connectivity index (χ3v) is 5.83. The van der Waals surface area contributed by atoms with Crippen LogP contribution >= 0.6 is 0 Å². The van der Waals surface area contributed by atoms with Gasteiger partial charge in [0.25, 0.3) is 0 Å². The summed E-state index contributed by atoms with van der Waals surface area (Å²) in [5.74, 6) is -0.339. The molecule has 0 spiro atoms. The number of carbonyl (C=O) groups is 1. The number of benzene rings is 2. The maximum absolute atomic E-state index is 12.8. The molecule has 2 aromatic carbocycles. The Bertz CT molecular complexity index is 892. The smallest absolute Gasteiger partial charge is 0.244 e. The zero-order valence-corrected chi connectivity index (χ0v) is 17.4. The molecule has 0 aliphatic carbocycles. The van der Waals surface area contributed by atoms with E-state index in [0.717, 1.165) is 23.8 Å². The highest BCUT2D eigenvalue weighted by Crippen LogP contribution is 2.22. The minimum atomic E-state index is -3.62. The first-order valence-electron chi connectivity index (χ1n) is 9.08. The normalized spacial score (nSPS) is 13.7. The highest BCUT2D eigenvalue weighted by atomic mass is 32.2. The van der Waals surface area contributed by atoms with Crippen LogP contribution in [0.4, 0.5) is 5.69 Å². The van der Waals surface area contributed by atoms with Crippen LogP contribution in [0, 0.1) is 6.92 Å². The number of nitrogens with zero attached hydrogens (tertiary/aromatic N) is 1. The van der Waals surface area contributed by atoms with Crippen molar-refractivity contribution in [2.24, 2.45) is 0 Å². The Kier molecular flexibility index (Phi) is 6.65. The van der Waals surface area contributed by atoms with Crippen molar-refractivity contribution in [1.82, 2.24) is 5.32 Å². The molecule has 27 heavy (non-hydrogen) atoms. The molecule has 1 N–H and O–H groups in total. The van der Waals surface area contributed by atoms with Crippen molar-refractivity contribution >= 4 is 21.6 Å². The quantitative estimate of drug-likeness (QED) is 0.788. The van der Waals surface area contributed by atoms with Crippen LogP contribution in [0.15, 0.2) is 48.5 Å². The summed E-state index contributed by atoms with van der Waals surface area (Å²) in [6.45, 7) is 7.47. The van der Waals surface area contributed by atoms with E-state index >= 15 is 0 Å². The van der Waals surface area contributed by atoms with Crippen molar-refractivity contribution in [3.63, 3.8) is 0 Å². The lowest BCUT2D eigenvalue weighted by molar-refractivity contribution is -0.122. The van der Waals surface area contributed by atoms with Gasteiger partial charge in [-0.2, -0.15) is 0 Å². The Labute approximate surface area is 162 Å². The summed E-state index contributed by atoms with van der Waals surface area (Å²) >= 11 is 0. The van der Waals surface area contributed by atoms with Crippen molar-refractivity contribution in [1.29, 1.82) is 0 Å². The van der Waals surface area contributed by atoms with E-state index in [-0.39, 0.29) is 11.9 Å². The van der Waals surface area contributed by atoms with E-state index in [1.54, 1.807) is 25.1 Å². The minimum Gasteiger partial charge on any atom is -0.348 e. The molecule has 0 saturated heterocycles. The maximum Gasteiger partial charge on any atom is 0.244 e. The predicted molar refractivity (Wildman–Crippen MR) is 110 cm³/mol. The van der Waals surface area contributed by atoms with Gasteiger partial charge in [0.15, 0.2) is 0 Å². The van der Waals surface area contributed by atoms with E-state index in [1.807, 2.05) is 44.2 Å². The third kappa shape index (κ3) is 5.32. The van der Waals surface area contributed by atoms with E-state index in [2.05, 4.69) is 12.2 Å². The van der Waals surface area contributed by atoms with E-state index in [9.17, 15) is 13.2 Å². The van der Waals surface area contributed by atoms with Gasteiger partial charge in [0.2, 0.25) is 15.9 Å². The topological polar surface area (TPSA) is 66.5 Å². The Morgan fingerprint density at radius 1 is 1.11 bits per heavy atom. The van der Waals surface area contributed by atoms with Crippen LogP contribution in [-0.2, 0) is 21.2 Å². The predicted octanol–water partition coefficient (Wildman–Crippen LogP) is 3.59. The fraction of sp³-hybridized carbons (Fsp3) is 0.381. The summed E-state index contributed by atoms with van der Waals surface area (Å²) in [5, 5.41) is 2.93. The first-order valence-corrected chi connectivity index (χ1v) is 10.9. The Morgan fingerprint density at radius 3 is 2.26 bits per heavy atom. The van der Waals surface area contributed by atoms with Gasteiger partial charge in [-0.3, -0.25) is 9.10 Å². The molecule has 2 aromatic rings. The summed E-state index contributed by atoms with van der Waals surface area (Å²) in [4.78, 5) is 12.8. The zero-order valence-electron chi connectivity index (χ0n) is 16.6. The van der Waals surface area contributed by atoms with E-state index in [1.165, 1.54) is 9.87 Å². The summed E-state index contributed by atoms with van der Waals surface area (Å²) < 4.78 is 25.9. The first kappa shape index (κ1) is 21.0. The van der Waals surface area contributed by atoms with Crippen LogP contribution in [0.3, 0.4) is 0 Å². The van der Waals surface area contributed by atoms with Gasteiger partial charge >= 0.3 is 0 Å². The molecular weight excluding hydrogens is 360 g/mol. The van der Waals surface area contributed by atoms with Gasteiger partial charge in [-0.15, -0.1) is 0 Å². The standard InChI is InChI=1S/C21H28N2O3S/c1-6-18-10-12-19(13-11-18)16(3)22-21(24)17(4)23(27(5,25)26)20-9-7-8-15(2)14-20/h7-14,16-17H,6H2,1-5H3,(H,22,24)/t16-,17+/m1/s1. The molecule has 0 aliphatic rings. The molecule has 0 unspecified atom stereocenters. The fourth-order valence-corrected chi connectivity index (χ4v) is 4.20. The van der Waals surface area contributed by atoms with E-state index in [4.69, 9.17) is 0 Å². The number of amides is 1. The van der Waals surface area contributed by atoms with E-state index in [0.29, 0.717) is 5.69 Å². The number of rotatable bonds is 7. The number of aryl methyl sites for hydroxylation is 2. The molecule has 2 rings (SSSR count). The van der Waals surface area contributed by atoms with Gasteiger partial charge < -0.3 is 5.32 Å². The molecule has 0 aromatic heterocycles. The molecule has 6 heteroatoms. The van der Waals surface area contributed by atoms with Crippen LogP contribution in [0.25, 0.3) is 0 Å². The van der Waals surface area contributed by atoms with Gasteiger partial charge in [-0.05, 0) is 56.0 Å². The molecule has 0 bridgehead atoms.